The van der Waals surface area contributed by atoms with Crippen molar-refractivity contribution < 1.29 is 19.4 Å². The molecule has 3 aromatic carbocycles. The molecule has 3 aromatic rings. The van der Waals surface area contributed by atoms with Crippen molar-refractivity contribution in [3.8, 4) is 6.07 Å². The molecule has 0 heterocycles. The van der Waals surface area contributed by atoms with Crippen LogP contribution in [0.1, 0.15) is 28.7 Å². The minimum Gasteiger partial charge on any atom is -0.453 e. The summed E-state index contributed by atoms with van der Waals surface area (Å²) in [5.41, 5.74) is 1.18. The standard InChI is InChI=1S/C27H26N2O4/c1-20-16-21(2)18-24(17-20)29(15-9-14-28)25(30)19-33-26(31)27(32,22-10-5-3-6-11-22)23-12-7-4-8-13-23/h3-8,10-13,16-18,32H,9,15,19H2,1-2H3. The van der Waals surface area contributed by atoms with Gasteiger partial charge in [-0.2, -0.15) is 5.26 Å². The van der Waals surface area contributed by atoms with Crippen LogP contribution in [-0.2, 0) is 19.9 Å². The van der Waals surface area contributed by atoms with Crippen molar-refractivity contribution in [2.75, 3.05) is 18.1 Å². The van der Waals surface area contributed by atoms with Gasteiger partial charge in [0.05, 0.1) is 12.5 Å². The quantitative estimate of drug-likeness (QED) is 0.532. The molecule has 0 fully saturated rings. The highest BCUT2D eigenvalue weighted by Gasteiger charge is 2.42. The normalized spacial score (nSPS) is 10.8. The third-order valence-electron chi connectivity index (χ3n) is 5.27. The fourth-order valence-electron chi connectivity index (χ4n) is 3.74. The van der Waals surface area contributed by atoms with Crippen molar-refractivity contribution in [3.05, 3.63) is 101 Å². The number of esters is 1. The second kappa shape index (κ2) is 10.6. The second-order valence-corrected chi connectivity index (χ2v) is 7.82. The first-order valence-electron chi connectivity index (χ1n) is 10.6. The molecule has 1 amide bonds. The molecule has 0 saturated carbocycles. The number of ether oxygens (including phenoxy) is 1. The number of hydrogen-bond donors (Lipinski definition) is 1. The van der Waals surface area contributed by atoms with Gasteiger partial charge in [0.25, 0.3) is 5.91 Å². The summed E-state index contributed by atoms with van der Waals surface area (Å²) < 4.78 is 5.36. The average Bonchev–Trinajstić information content (AvgIpc) is 2.82. The smallest absolute Gasteiger partial charge is 0.348 e. The van der Waals surface area contributed by atoms with E-state index in [2.05, 4.69) is 0 Å². The molecule has 0 aliphatic carbocycles. The Morgan fingerprint density at radius 3 is 1.94 bits per heavy atom. The van der Waals surface area contributed by atoms with Crippen molar-refractivity contribution in [2.45, 2.75) is 25.9 Å². The molecule has 33 heavy (non-hydrogen) atoms. The van der Waals surface area contributed by atoms with E-state index in [0.29, 0.717) is 16.8 Å². The zero-order valence-electron chi connectivity index (χ0n) is 18.7. The molecule has 1 N–H and O–H groups in total. The molecule has 0 spiro atoms. The lowest BCUT2D eigenvalue weighted by molar-refractivity contribution is -0.164. The number of aliphatic hydroxyl groups is 1. The van der Waals surface area contributed by atoms with Crippen molar-refractivity contribution in [1.82, 2.24) is 0 Å². The molecule has 0 unspecified atom stereocenters. The van der Waals surface area contributed by atoms with Crippen molar-refractivity contribution >= 4 is 17.6 Å². The number of hydrogen-bond acceptors (Lipinski definition) is 5. The number of carbonyl (C=O) groups is 2. The lowest BCUT2D eigenvalue weighted by Gasteiger charge is -2.28. The van der Waals surface area contributed by atoms with Crippen LogP contribution in [-0.4, -0.2) is 30.1 Å². The van der Waals surface area contributed by atoms with Gasteiger partial charge in [0, 0.05) is 12.2 Å². The van der Waals surface area contributed by atoms with Crippen molar-refractivity contribution in [1.29, 1.82) is 5.26 Å². The summed E-state index contributed by atoms with van der Waals surface area (Å²) in [7, 11) is 0. The SMILES string of the molecule is Cc1cc(C)cc(N(CCC#N)C(=O)COC(=O)C(O)(c2ccccc2)c2ccccc2)c1. The van der Waals surface area contributed by atoms with Crippen LogP contribution in [0.5, 0.6) is 0 Å². The van der Waals surface area contributed by atoms with Gasteiger partial charge in [-0.15, -0.1) is 0 Å². The first kappa shape index (κ1) is 23.7. The summed E-state index contributed by atoms with van der Waals surface area (Å²) in [6, 6.07) is 24.6. The molecule has 0 aliphatic heterocycles. The Bertz CT molecular complexity index is 1090. The molecule has 0 bridgehead atoms. The van der Waals surface area contributed by atoms with Gasteiger partial charge in [0.2, 0.25) is 5.60 Å². The van der Waals surface area contributed by atoms with Crippen LogP contribution in [0.15, 0.2) is 78.9 Å². The maximum atomic E-state index is 13.2. The summed E-state index contributed by atoms with van der Waals surface area (Å²) in [6.07, 6.45) is 0.130. The maximum Gasteiger partial charge on any atom is 0.348 e. The van der Waals surface area contributed by atoms with Gasteiger partial charge in [-0.05, 0) is 48.2 Å². The van der Waals surface area contributed by atoms with Crippen LogP contribution in [0.25, 0.3) is 0 Å². The Morgan fingerprint density at radius 1 is 0.939 bits per heavy atom. The highest BCUT2D eigenvalue weighted by molar-refractivity contribution is 5.96. The van der Waals surface area contributed by atoms with Crippen LogP contribution in [0.4, 0.5) is 5.69 Å². The number of aryl methyl sites for hydroxylation is 2. The van der Waals surface area contributed by atoms with E-state index in [9.17, 15) is 14.7 Å². The van der Waals surface area contributed by atoms with E-state index in [1.807, 2.05) is 38.1 Å². The number of anilines is 1. The summed E-state index contributed by atoms with van der Waals surface area (Å²) >= 11 is 0. The van der Waals surface area contributed by atoms with E-state index in [4.69, 9.17) is 10.00 Å². The van der Waals surface area contributed by atoms with Gasteiger partial charge >= 0.3 is 5.97 Å². The Hall–Kier alpha value is -3.95. The molecule has 6 heteroatoms. The van der Waals surface area contributed by atoms with Gasteiger partial charge in [-0.3, -0.25) is 4.79 Å². The van der Waals surface area contributed by atoms with Crippen LogP contribution in [0.2, 0.25) is 0 Å². The molecular weight excluding hydrogens is 416 g/mol. The summed E-state index contributed by atoms with van der Waals surface area (Å²) in [5, 5.41) is 20.5. The number of benzene rings is 3. The number of carbonyl (C=O) groups excluding carboxylic acids is 2. The first-order valence-corrected chi connectivity index (χ1v) is 10.6. The van der Waals surface area contributed by atoms with E-state index < -0.39 is 24.1 Å². The third-order valence-corrected chi connectivity index (χ3v) is 5.27. The summed E-state index contributed by atoms with van der Waals surface area (Å²) in [5.74, 6) is -1.43. The second-order valence-electron chi connectivity index (χ2n) is 7.82. The molecule has 0 saturated heterocycles. The summed E-state index contributed by atoms with van der Waals surface area (Å²) in [4.78, 5) is 27.6. The Kier molecular flexibility index (Phi) is 7.60. The lowest BCUT2D eigenvalue weighted by Crippen LogP contribution is -2.41. The van der Waals surface area contributed by atoms with E-state index in [1.165, 1.54) is 4.90 Å². The number of rotatable bonds is 8. The fourth-order valence-corrected chi connectivity index (χ4v) is 3.74. The molecular formula is C27H26N2O4. The molecule has 168 valence electrons. The van der Waals surface area contributed by atoms with Gasteiger partial charge in [0.15, 0.2) is 6.61 Å². The minimum absolute atomic E-state index is 0.130. The fraction of sp³-hybridized carbons (Fsp3) is 0.222. The predicted octanol–water partition coefficient (Wildman–Crippen LogP) is 4.03. The minimum atomic E-state index is -2.07. The highest BCUT2D eigenvalue weighted by Crippen LogP contribution is 2.31. The van der Waals surface area contributed by atoms with Gasteiger partial charge < -0.3 is 14.7 Å². The summed E-state index contributed by atoms with van der Waals surface area (Å²) in [6.45, 7) is 3.43. The maximum absolute atomic E-state index is 13.2. The number of nitriles is 1. The van der Waals surface area contributed by atoms with Crippen LogP contribution in [0, 0.1) is 25.2 Å². The zero-order valence-corrected chi connectivity index (χ0v) is 18.7. The molecule has 3 rings (SSSR count). The van der Waals surface area contributed by atoms with Crippen LogP contribution < -0.4 is 4.90 Å². The third kappa shape index (κ3) is 5.46. The van der Waals surface area contributed by atoms with E-state index in [-0.39, 0.29) is 13.0 Å². The van der Waals surface area contributed by atoms with Gasteiger partial charge in [-0.1, -0.05) is 66.7 Å². The molecule has 0 radical (unpaired) electrons. The van der Waals surface area contributed by atoms with Crippen molar-refractivity contribution in [3.63, 3.8) is 0 Å². The zero-order chi connectivity index (χ0) is 23.8. The topological polar surface area (TPSA) is 90.6 Å². The van der Waals surface area contributed by atoms with Crippen LogP contribution in [0.3, 0.4) is 0 Å². The molecule has 0 atom stereocenters. The molecule has 6 nitrogen and oxygen atoms in total. The van der Waals surface area contributed by atoms with Crippen molar-refractivity contribution in [2.24, 2.45) is 0 Å². The lowest BCUT2D eigenvalue weighted by atomic mass is 9.86. The average molecular weight is 443 g/mol. The van der Waals surface area contributed by atoms with E-state index in [0.717, 1.165) is 11.1 Å². The largest absolute Gasteiger partial charge is 0.453 e. The van der Waals surface area contributed by atoms with Gasteiger partial charge in [0.1, 0.15) is 0 Å². The van der Waals surface area contributed by atoms with E-state index in [1.54, 1.807) is 60.7 Å². The first-order chi connectivity index (χ1) is 15.9. The predicted molar refractivity (Wildman–Crippen MR) is 125 cm³/mol. The highest BCUT2D eigenvalue weighted by atomic mass is 16.6. The Morgan fingerprint density at radius 2 is 1.45 bits per heavy atom. The number of nitrogens with zero attached hydrogens (tertiary/aromatic N) is 2. The number of amides is 1. The monoisotopic (exact) mass is 442 g/mol. The Balaban J connectivity index is 1.85. The Labute approximate surface area is 193 Å². The van der Waals surface area contributed by atoms with Crippen LogP contribution >= 0.6 is 0 Å². The van der Waals surface area contributed by atoms with E-state index >= 15 is 0 Å². The van der Waals surface area contributed by atoms with Gasteiger partial charge in [-0.25, -0.2) is 4.79 Å². The molecule has 0 aliphatic rings. The molecule has 0 aromatic heterocycles.